The molecule has 160 valence electrons. The van der Waals surface area contributed by atoms with E-state index in [1.165, 1.54) is 0 Å². The van der Waals surface area contributed by atoms with Crippen LogP contribution in [0.15, 0.2) is 29.3 Å². The number of amides is 3. The van der Waals surface area contributed by atoms with Crippen LogP contribution >= 0.6 is 0 Å². The van der Waals surface area contributed by atoms with Crippen molar-refractivity contribution in [2.75, 3.05) is 0 Å². The number of carbonyl (C=O) groups is 3. The van der Waals surface area contributed by atoms with Crippen molar-refractivity contribution in [1.82, 2.24) is 10.2 Å². The lowest BCUT2D eigenvalue weighted by atomic mass is 10.1. The van der Waals surface area contributed by atoms with Crippen LogP contribution in [0, 0.1) is 0 Å². The van der Waals surface area contributed by atoms with Gasteiger partial charge in [-0.1, -0.05) is 12.1 Å². The van der Waals surface area contributed by atoms with Gasteiger partial charge in [0.2, 0.25) is 0 Å². The summed E-state index contributed by atoms with van der Waals surface area (Å²) in [5.41, 5.74) is -0.365. The van der Waals surface area contributed by atoms with Crippen LogP contribution in [0.2, 0.25) is 0 Å². The Kier molecular flexibility index (Phi) is 5.04. The van der Waals surface area contributed by atoms with Crippen LogP contribution in [0.1, 0.15) is 75.2 Å². The number of aliphatic imine (C=N–C) groups is 1. The Morgan fingerprint density at radius 2 is 1.53 bits per heavy atom. The molecule has 1 saturated heterocycles. The summed E-state index contributed by atoms with van der Waals surface area (Å²) in [6, 6.07) is 7.64. The monoisotopic (exact) mass is 411 g/mol. The third-order valence-electron chi connectivity index (χ3n) is 6.66. The Morgan fingerprint density at radius 1 is 1.00 bits per heavy atom. The molecule has 1 aromatic carbocycles. The third kappa shape index (κ3) is 3.78. The van der Waals surface area contributed by atoms with Crippen molar-refractivity contribution in [3.05, 3.63) is 35.4 Å². The van der Waals surface area contributed by atoms with Gasteiger partial charge in [-0.05, 0) is 77.0 Å². The van der Waals surface area contributed by atoms with Crippen LogP contribution in [-0.4, -0.2) is 56.7 Å². The second-order valence-corrected chi connectivity index (χ2v) is 9.14. The maximum absolute atomic E-state index is 12.8. The number of nitrogens with zero attached hydrogens (tertiary/aromatic N) is 2. The standard InChI is InChI=1S/C23H29N3O4/c1-14-4-5-15(2)26(14)19(27)18-8-6-17(7-9-18)16(3)24-20(28)22(10-11-22)25-21(29)23(30)12-13-23/h6-9,14-15,30H,4-5,10-13H2,1-3H3,(H,25,29). The topological polar surface area (TPSA) is 99.1 Å². The number of hydrogen-bond acceptors (Lipinski definition) is 4. The summed E-state index contributed by atoms with van der Waals surface area (Å²) in [4.78, 5) is 43.7. The summed E-state index contributed by atoms with van der Waals surface area (Å²) in [5, 5.41) is 12.6. The van der Waals surface area contributed by atoms with Gasteiger partial charge in [-0.15, -0.1) is 0 Å². The highest BCUT2D eigenvalue weighted by atomic mass is 16.3. The van der Waals surface area contributed by atoms with Gasteiger partial charge in [0.25, 0.3) is 17.7 Å². The van der Waals surface area contributed by atoms with Crippen molar-refractivity contribution in [3.8, 4) is 0 Å². The number of carbonyl (C=O) groups excluding carboxylic acids is 3. The highest BCUT2D eigenvalue weighted by Gasteiger charge is 2.56. The Morgan fingerprint density at radius 3 is 2.03 bits per heavy atom. The average Bonchev–Trinajstić information content (AvgIpc) is 3.63. The van der Waals surface area contributed by atoms with Crippen LogP contribution < -0.4 is 5.32 Å². The van der Waals surface area contributed by atoms with Gasteiger partial charge in [-0.2, -0.15) is 0 Å². The van der Waals surface area contributed by atoms with Gasteiger partial charge in [0.15, 0.2) is 0 Å². The molecule has 0 aromatic heterocycles. The molecule has 2 N–H and O–H groups in total. The first-order chi connectivity index (χ1) is 14.2. The average molecular weight is 412 g/mol. The van der Waals surface area contributed by atoms with Gasteiger partial charge in [-0.25, -0.2) is 4.99 Å². The van der Waals surface area contributed by atoms with Gasteiger partial charge >= 0.3 is 0 Å². The van der Waals surface area contributed by atoms with Crippen molar-refractivity contribution in [2.24, 2.45) is 4.99 Å². The molecule has 7 heteroatoms. The molecule has 3 aliphatic rings. The van der Waals surface area contributed by atoms with Crippen LogP contribution in [0.5, 0.6) is 0 Å². The molecule has 2 atom stereocenters. The Hall–Kier alpha value is -2.54. The lowest BCUT2D eigenvalue weighted by molar-refractivity contribution is -0.135. The molecule has 2 unspecified atom stereocenters. The first-order valence-corrected chi connectivity index (χ1v) is 10.7. The molecule has 2 saturated carbocycles. The molecular formula is C23H29N3O4. The molecule has 0 bridgehead atoms. The zero-order valence-electron chi connectivity index (χ0n) is 17.8. The summed E-state index contributed by atoms with van der Waals surface area (Å²) in [6.45, 7) is 5.89. The summed E-state index contributed by atoms with van der Waals surface area (Å²) < 4.78 is 0. The molecule has 0 spiro atoms. The second-order valence-electron chi connectivity index (χ2n) is 9.14. The van der Waals surface area contributed by atoms with Gasteiger partial charge in [0.05, 0.1) is 0 Å². The number of hydrogen-bond donors (Lipinski definition) is 2. The van der Waals surface area contributed by atoms with Crippen molar-refractivity contribution >= 4 is 23.4 Å². The molecule has 1 heterocycles. The van der Waals surface area contributed by atoms with E-state index in [1.807, 2.05) is 4.90 Å². The molecule has 3 fully saturated rings. The minimum absolute atomic E-state index is 0.0300. The number of likely N-dealkylation sites (tertiary alicyclic amines) is 1. The summed E-state index contributed by atoms with van der Waals surface area (Å²) in [6.07, 6.45) is 3.98. The lowest BCUT2D eigenvalue weighted by Crippen LogP contribution is -2.48. The molecule has 2 aliphatic carbocycles. The molecule has 0 radical (unpaired) electrons. The Labute approximate surface area is 176 Å². The molecular weight excluding hydrogens is 382 g/mol. The maximum Gasteiger partial charge on any atom is 0.271 e. The predicted molar refractivity (Wildman–Crippen MR) is 112 cm³/mol. The van der Waals surface area contributed by atoms with Crippen LogP contribution in [-0.2, 0) is 9.59 Å². The fourth-order valence-electron chi connectivity index (χ4n) is 4.12. The predicted octanol–water partition coefficient (Wildman–Crippen LogP) is 2.21. The van der Waals surface area contributed by atoms with Crippen molar-refractivity contribution in [2.45, 2.75) is 82.5 Å². The largest absolute Gasteiger partial charge is 0.380 e. The van der Waals surface area contributed by atoms with E-state index < -0.39 is 23.0 Å². The normalized spacial score (nSPS) is 26.3. The molecule has 7 nitrogen and oxygen atoms in total. The molecule has 4 rings (SSSR count). The highest BCUT2D eigenvalue weighted by Crippen LogP contribution is 2.41. The molecule has 1 aliphatic heterocycles. The van der Waals surface area contributed by atoms with E-state index in [-0.39, 0.29) is 18.0 Å². The van der Waals surface area contributed by atoms with Crippen molar-refractivity contribution < 1.29 is 19.5 Å². The number of benzene rings is 1. The fraction of sp³-hybridized carbons (Fsp3) is 0.565. The maximum atomic E-state index is 12.8. The Bertz CT molecular complexity index is 903. The van der Waals surface area contributed by atoms with E-state index in [1.54, 1.807) is 31.2 Å². The minimum Gasteiger partial charge on any atom is -0.380 e. The molecule has 30 heavy (non-hydrogen) atoms. The van der Waals surface area contributed by atoms with Gasteiger partial charge < -0.3 is 15.3 Å². The second kappa shape index (κ2) is 7.30. The Balaban J connectivity index is 1.44. The van der Waals surface area contributed by atoms with Crippen LogP contribution in [0.3, 0.4) is 0 Å². The molecule has 1 aromatic rings. The van der Waals surface area contributed by atoms with Crippen molar-refractivity contribution in [3.63, 3.8) is 0 Å². The van der Waals surface area contributed by atoms with Crippen LogP contribution in [0.25, 0.3) is 0 Å². The van der Waals surface area contributed by atoms with E-state index in [2.05, 4.69) is 24.2 Å². The highest BCUT2D eigenvalue weighted by molar-refractivity contribution is 6.09. The van der Waals surface area contributed by atoms with Gasteiger partial charge in [-0.3, -0.25) is 14.4 Å². The van der Waals surface area contributed by atoms with E-state index >= 15 is 0 Å². The number of nitrogens with one attached hydrogen (secondary N) is 1. The summed E-state index contributed by atoms with van der Waals surface area (Å²) in [5.74, 6) is -0.839. The number of aliphatic hydroxyl groups is 1. The fourth-order valence-corrected chi connectivity index (χ4v) is 4.12. The SMILES string of the molecule is CC(=NC(=O)C1(NC(=O)C2(O)CC2)CC1)c1ccc(C(=O)N2C(C)CCC2C)cc1. The van der Waals surface area contributed by atoms with E-state index in [4.69, 9.17) is 0 Å². The minimum atomic E-state index is -1.30. The molecule has 3 amide bonds. The van der Waals surface area contributed by atoms with E-state index in [0.29, 0.717) is 37.0 Å². The third-order valence-corrected chi connectivity index (χ3v) is 6.66. The quantitative estimate of drug-likeness (QED) is 0.726. The summed E-state index contributed by atoms with van der Waals surface area (Å²) in [7, 11) is 0. The lowest BCUT2D eigenvalue weighted by Gasteiger charge is -2.26. The first-order valence-electron chi connectivity index (χ1n) is 10.7. The zero-order chi connectivity index (χ0) is 21.7. The van der Waals surface area contributed by atoms with Crippen LogP contribution in [0.4, 0.5) is 0 Å². The number of rotatable bonds is 5. The first kappa shape index (κ1) is 20.7. The van der Waals surface area contributed by atoms with Gasteiger partial charge in [0, 0.05) is 23.4 Å². The van der Waals surface area contributed by atoms with E-state index in [9.17, 15) is 19.5 Å². The van der Waals surface area contributed by atoms with Gasteiger partial charge in [0.1, 0.15) is 11.1 Å². The smallest absolute Gasteiger partial charge is 0.271 e. The van der Waals surface area contributed by atoms with E-state index in [0.717, 1.165) is 18.4 Å². The zero-order valence-corrected chi connectivity index (χ0v) is 17.8. The summed E-state index contributed by atoms with van der Waals surface area (Å²) >= 11 is 0. The van der Waals surface area contributed by atoms with Crippen molar-refractivity contribution in [1.29, 1.82) is 0 Å².